The molecule has 4 nitrogen and oxygen atoms in total. The first-order valence-corrected chi connectivity index (χ1v) is 5.01. The van der Waals surface area contributed by atoms with Crippen LogP contribution < -0.4 is 5.32 Å². The summed E-state index contributed by atoms with van der Waals surface area (Å²) >= 11 is 0. The molecule has 0 atom stereocenters. The van der Waals surface area contributed by atoms with Gasteiger partial charge >= 0.3 is 0 Å². The van der Waals surface area contributed by atoms with E-state index in [4.69, 9.17) is 0 Å². The van der Waals surface area contributed by atoms with Crippen molar-refractivity contribution in [1.82, 2.24) is 20.1 Å². The second-order valence-corrected chi connectivity index (χ2v) is 3.51. The van der Waals surface area contributed by atoms with Crippen molar-refractivity contribution in [2.45, 2.75) is 6.54 Å². The molecule has 0 aliphatic rings. The summed E-state index contributed by atoms with van der Waals surface area (Å²) in [5.41, 5.74) is 0.860. The fourth-order valence-corrected chi connectivity index (χ4v) is 1.52. The third-order valence-corrected chi connectivity index (χ3v) is 2.24. The third-order valence-electron chi connectivity index (χ3n) is 2.24. The lowest BCUT2D eigenvalue weighted by molar-refractivity contribution is 0.628. The molecule has 0 aliphatic carbocycles. The Labute approximate surface area is 93.1 Å². The molecule has 16 heavy (non-hydrogen) atoms. The zero-order chi connectivity index (χ0) is 11.5. The van der Waals surface area contributed by atoms with Gasteiger partial charge in [-0.3, -0.25) is 0 Å². The van der Waals surface area contributed by atoms with Gasteiger partial charge in [0.05, 0.1) is 6.54 Å². The van der Waals surface area contributed by atoms with Crippen molar-refractivity contribution in [3.05, 3.63) is 35.9 Å². The fourth-order valence-electron chi connectivity index (χ4n) is 1.52. The zero-order valence-electron chi connectivity index (χ0n) is 9.24. The van der Waals surface area contributed by atoms with E-state index in [1.54, 1.807) is 16.8 Å². The van der Waals surface area contributed by atoms with Crippen molar-refractivity contribution in [2.24, 2.45) is 7.05 Å². The predicted octanol–water partition coefficient (Wildman–Crippen LogP) is 1.34. The summed E-state index contributed by atoms with van der Waals surface area (Å²) in [7, 11) is 3.67. The molecule has 1 aromatic carbocycles. The average Bonchev–Trinajstić information content (AvgIpc) is 2.61. The van der Waals surface area contributed by atoms with Gasteiger partial charge in [-0.05, 0) is 31.3 Å². The molecule has 0 radical (unpaired) electrons. The van der Waals surface area contributed by atoms with Gasteiger partial charge in [0.1, 0.15) is 5.82 Å². The zero-order valence-corrected chi connectivity index (χ0v) is 9.24. The second-order valence-electron chi connectivity index (χ2n) is 3.51. The SMILES string of the molecule is CNCc1nc(-c2ccc(F)cc2)n(C)n1. The maximum absolute atomic E-state index is 12.8. The van der Waals surface area contributed by atoms with Gasteiger partial charge in [-0.1, -0.05) is 0 Å². The summed E-state index contributed by atoms with van der Waals surface area (Å²) in [4.78, 5) is 4.37. The maximum atomic E-state index is 12.8. The van der Waals surface area contributed by atoms with Crippen LogP contribution in [0.1, 0.15) is 5.82 Å². The molecule has 2 rings (SSSR count). The number of aryl methyl sites for hydroxylation is 1. The van der Waals surface area contributed by atoms with E-state index in [9.17, 15) is 4.39 Å². The summed E-state index contributed by atoms with van der Waals surface area (Å²) < 4.78 is 14.5. The summed E-state index contributed by atoms with van der Waals surface area (Å²) in [6, 6.07) is 6.23. The molecule has 0 amide bonds. The van der Waals surface area contributed by atoms with E-state index in [2.05, 4.69) is 15.4 Å². The van der Waals surface area contributed by atoms with Gasteiger partial charge in [0.2, 0.25) is 0 Å². The number of benzene rings is 1. The van der Waals surface area contributed by atoms with Gasteiger partial charge in [0.25, 0.3) is 0 Å². The van der Waals surface area contributed by atoms with Crippen LogP contribution in [-0.2, 0) is 13.6 Å². The molecular formula is C11H13FN4. The normalized spacial score (nSPS) is 10.7. The first-order valence-electron chi connectivity index (χ1n) is 5.01. The summed E-state index contributed by atoms with van der Waals surface area (Å²) in [5.74, 6) is 1.22. The Morgan fingerprint density at radius 1 is 1.31 bits per heavy atom. The molecule has 0 spiro atoms. The minimum absolute atomic E-state index is 0.249. The van der Waals surface area contributed by atoms with Crippen LogP contribution in [0.2, 0.25) is 0 Å². The summed E-state index contributed by atoms with van der Waals surface area (Å²) in [6.07, 6.45) is 0. The molecule has 0 unspecified atom stereocenters. The number of aromatic nitrogens is 3. The highest BCUT2D eigenvalue weighted by molar-refractivity contribution is 5.54. The minimum atomic E-state index is -0.249. The molecule has 0 saturated heterocycles. The smallest absolute Gasteiger partial charge is 0.165 e. The van der Waals surface area contributed by atoms with Crippen LogP contribution >= 0.6 is 0 Å². The lowest BCUT2D eigenvalue weighted by Gasteiger charge is -1.98. The van der Waals surface area contributed by atoms with Crippen molar-refractivity contribution >= 4 is 0 Å². The maximum Gasteiger partial charge on any atom is 0.165 e. The van der Waals surface area contributed by atoms with Crippen molar-refractivity contribution in [3.63, 3.8) is 0 Å². The number of halogens is 1. The number of hydrogen-bond acceptors (Lipinski definition) is 3. The topological polar surface area (TPSA) is 42.7 Å². The van der Waals surface area contributed by atoms with E-state index in [0.717, 1.165) is 17.2 Å². The van der Waals surface area contributed by atoms with Crippen molar-refractivity contribution in [2.75, 3.05) is 7.05 Å². The Balaban J connectivity index is 2.36. The van der Waals surface area contributed by atoms with Crippen LogP contribution in [-0.4, -0.2) is 21.8 Å². The Bertz CT molecular complexity index is 475. The van der Waals surface area contributed by atoms with E-state index in [0.29, 0.717) is 6.54 Å². The van der Waals surface area contributed by atoms with E-state index < -0.39 is 0 Å². The standard InChI is InChI=1S/C11H13FN4/c1-13-7-10-14-11(16(2)15-10)8-3-5-9(12)6-4-8/h3-6,13H,7H2,1-2H3. The Morgan fingerprint density at radius 2 is 2.00 bits per heavy atom. The molecular weight excluding hydrogens is 207 g/mol. The van der Waals surface area contributed by atoms with Crippen LogP contribution in [0.15, 0.2) is 24.3 Å². The number of hydrogen-bond donors (Lipinski definition) is 1. The first kappa shape index (κ1) is 10.8. The number of rotatable bonds is 3. The monoisotopic (exact) mass is 220 g/mol. The van der Waals surface area contributed by atoms with Crippen LogP contribution in [0.5, 0.6) is 0 Å². The van der Waals surface area contributed by atoms with Gasteiger partial charge in [-0.25, -0.2) is 14.1 Å². The quantitative estimate of drug-likeness (QED) is 0.848. The van der Waals surface area contributed by atoms with E-state index in [1.807, 2.05) is 14.1 Å². The molecule has 2 aromatic rings. The van der Waals surface area contributed by atoms with E-state index >= 15 is 0 Å². The van der Waals surface area contributed by atoms with Crippen molar-refractivity contribution < 1.29 is 4.39 Å². The van der Waals surface area contributed by atoms with Gasteiger partial charge < -0.3 is 5.32 Å². The molecule has 0 fully saturated rings. The second kappa shape index (κ2) is 4.40. The van der Waals surface area contributed by atoms with Crippen LogP contribution in [0, 0.1) is 5.82 Å². The van der Waals surface area contributed by atoms with E-state index in [1.165, 1.54) is 12.1 Å². The highest BCUT2D eigenvalue weighted by Gasteiger charge is 2.08. The fraction of sp³-hybridized carbons (Fsp3) is 0.273. The Kier molecular flexibility index (Phi) is 2.96. The van der Waals surface area contributed by atoms with Crippen molar-refractivity contribution in [1.29, 1.82) is 0 Å². The van der Waals surface area contributed by atoms with Crippen LogP contribution in [0.4, 0.5) is 4.39 Å². The molecule has 0 bridgehead atoms. The van der Waals surface area contributed by atoms with Crippen LogP contribution in [0.25, 0.3) is 11.4 Å². The Hall–Kier alpha value is -1.75. The number of nitrogens with one attached hydrogen (secondary N) is 1. The third kappa shape index (κ3) is 2.09. The molecule has 1 aromatic heterocycles. The molecule has 84 valence electrons. The van der Waals surface area contributed by atoms with Crippen molar-refractivity contribution in [3.8, 4) is 11.4 Å². The average molecular weight is 220 g/mol. The van der Waals surface area contributed by atoms with Crippen LogP contribution in [0.3, 0.4) is 0 Å². The van der Waals surface area contributed by atoms with Gasteiger partial charge in [-0.15, -0.1) is 0 Å². The summed E-state index contributed by atoms with van der Waals surface area (Å²) in [6.45, 7) is 0.620. The molecule has 1 N–H and O–H groups in total. The Morgan fingerprint density at radius 3 is 2.62 bits per heavy atom. The first-order chi connectivity index (χ1) is 7.70. The highest BCUT2D eigenvalue weighted by atomic mass is 19.1. The molecule has 1 heterocycles. The minimum Gasteiger partial charge on any atom is -0.313 e. The van der Waals surface area contributed by atoms with Gasteiger partial charge in [-0.2, -0.15) is 5.10 Å². The number of nitrogens with zero attached hydrogens (tertiary/aromatic N) is 3. The van der Waals surface area contributed by atoms with E-state index in [-0.39, 0.29) is 5.82 Å². The predicted molar refractivity (Wildman–Crippen MR) is 59.2 cm³/mol. The largest absolute Gasteiger partial charge is 0.313 e. The molecule has 0 aliphatic heterocycles. The molecule has 0 saturated carbocycles. The van der Waals surface area contributed by atoms with Gasteiger partial charge in [0, 0.05) is 12.6 Å². The summed E-state index contributed by atoms with van der Waals surface area (Å²) in [5, 5.41) is 7.24. The lowest BCUT2D eigenvalue weighted by atomic mass is 10.2. The molecule has 5 heteroatoms. The highest BCUT2D eigenvalue weighted by Crippen LogP contribution is 2.16. The van der Waals surface area contributed by atoms with Gasteiger partial charge in [0.15, 0.2) is 11.6 Å². The lowest BCUT2D eigenvalue weighted by Crippen LogP contribution is -2.06.